The maximum absolute atomic E-state index is 3.65. The first-order valence-electron chi connectivity index (χ1n) is 29.9. The molecule has 3 aromatic heterocycles. The van der Waals surface area contributed by atoms with E-state index in [-0.39, 0.29) is 0 Å². The highest BCUT2D eigenvalue weighted by molar-refractivity contribution is 9.11. The molecule has 0 atom stereocenters. The van der Waals surface area contributed by atoms with Gasteiger partial charge in [0, 0.05) is 125 Å². The lowest BCUT2D eigenvalue weighted by atomic mass is 10.0. The van der Waals surface area contributed by atoms with Crippen LogP contribution in [0, 0.1) is 0 Å². The predicted octanol–water partition coefficient (Wildman–Crippen LogP) is 27.7. The van der Waals surface area contributed by atoms with Crippen molar-refractivity contribution in [3.63, 3.8) is 0 Å². The van der Waals surface area contributed by atoms with Gasteiger partial charge in [-0.2, -0.15) is 0 Å². The van der Waals surface area contributed by atoms with E-state index in [0.29, 0.717) is 0 Å². The van der Waals surface area contributed by atoms with Gasteiger partial charge in [-0.05, 0) is 204 Å². The van der Waals surface area contributed by atoms with Gasteiger partial charge in [0.1, 0.15) is 0 Å². The lowest BCUT2D eigenvalue weighted by molar-refractivity contribution is 1.29. The molecule has 0 amide bonds. The molecule has 14 aromatic carbocycles. The third kappa shape index (κ3) is 12.2. The average Bonchev–Trinajstić information content (AvgIpc) is 1.78. The van der Waals surface area contributed by atoms with Crippen LogP contribution in [0.3, 0.4) is 0 Å². The molecule has 17 aromatic rings. The van der Waals surface area contributed by atoms with Gasteiger partial charge in [0.2, 0.25) is 0 Å². The van der Waals surface area contributed by atoms with Gasteiger partial charge in [-0.25, -0.2) is 0 Å². The van der Waals surface area contributed by atoms with E-state index in [0.717, 1.165) is 58.9 Å². The number of thiophene rings is 3. The van der Waals surface area contributed by atoms with Gasteiger partial charge in [-0.15, -0.1) is 34.0 Å². The van der Waals surface area contributed by atoms with Gasteiger partial charge in [0.25, 0.3) is 0 Å². The molecule has 0 saturated heterocycles. The topological polar surface area (TPSA) is 9.72 Å². The van der Waals surface area contributed by atoms with E-state index in [4.69, 9.17) is 0 Å². The first-order valence-corrected chi connectivity index (χ1v) is 34.8. The Balaban J connectivity index is 0.000000114. The zero-order chi connectivity index (χ0) is 61.2. The Kier molecular flexibility index (Phi) is 16.6. The van der Waals surface area contributed by atoms with Crippen LogP contribution in [-0.4, -0.2) is 0 Å². The molecule has 17 rings (SSSR count). The standard InChI is InChI=1S/C30H20BrNS.C28H18BrNS.C24H16BrNS/c31-23-14-16-29-27(19-23)28-20-26(15-17-30(28)33-29)32(24-11-5-2-6-12-24)25-13-7-10-22(18-25)21-8-3-1-4-9-21;29-21-11-14-27-25(17-21)26-18-24(13-15-28(26)31-27)30(22-8-2-1-3-9-22)23-12-10-19-6-4-5-7-20(19)16-23;25-17-11-13-23-21(15-17)22-16-20(12-14-24(22)27-23)26(18-7-3-1-4-8-18)19-9-5-2-6-10-19/h1-20H;1-18H;1-16H. The minimum Gasteiger partial charge on any atom is -0.310 e. The number of halogens is 3. The van der Waals surface area contributed by atoms with Gasteiger partial charge in [-0.1, -0.05) is 193 Å². The van der Waals surface area contributed by atoms with Crippen LogP contribution in [0.15, 0.2) is 341 Å². The lowest BCUT2D eigenvalue weighted by Crippen LogP contribution is -2.09. The van der Waals surface area contributed by atoms with Crippen LogP contribution in [0.25, 0.3) is 82.4 Å². The molecule has 0 unspecified atom stereocenters. The molecule has 0 radical (unpaired) electrons. The molecule has 9 heteroatoms. The molecule has 0 saturated carbocycles. The normalized spacial score (nSPS) is 11.2. The fourth-order valence-corrected chi connectivity index (χ4v) is 16.3. The number of anilines is 9. The third-order valence-electron chi connectivity index (χ3n) is 16.3. The van der Waals surface area contributed by atoms with Crippen molar-refractivity contribution in [2.24, 2.45) is 0 Å². The molecule has 91 heavy (non-hydrogen) atoms. The summed E-state index contributed by atoms with van der Waals surface area (Å²) in [5, 5.41) is 10.3. The third-order valence-corrected chi connectivity index (χ3v) is 21.2. The number of hydrogen-bond acceptors (Lipinski definition) is 6. The zero-order valence-electron chi connectivity index (χ0n) is 48.9. The number of hydrogen-bond donors (Lipinski definition) is 0. The Hall–Kier alpha value is -9.16. The van der Waals surface area contributed by atoms with Gasteiger partial charge in [0.05, 0.1) is 0 Å². The number of para-hydroxylation sites is 4. The first kappa shape index (κ1) is 58.2. The zero-order valence-corrected chi connectivity index (χ0v) is 56.1. The van der Waals surface area contributed by atoms with Gasteiger partial charge >= 0.3 is 0 Å². The summed E-state index contributed by atoms with van der Waals surface area (Å²) in [5.41, 5.74) is 12.8. The van der Waals surface area contributed by atoms with Crippen LogP contribution in [0.4, 0.5) is 51.2 Å². The van der Waals surface area contributed by atoms with Crippen molar-refractivity contribution < 1.29 is 0 Å². The minimum atomic E-state index is 1.11. The fourth-order valence-electron chi connectivity index (χ4n) is 12.1. The summed E-state index contributed by atoms with van der Waals surface area (Å²) in [6.45, 7) is 0. The largest absolute Gasteiger partial charge is 0.310 e. The van der Waals surface area contributed by atoms with Crippen molar-refractivity contribution in [3.05, 3.63) is 341 Å². The summed E-state index contributed by atoms with van der Waals surface area (Å²) in [6.07, 6.45) is 0. The van der Waals surface area contributed by atoms with Crippen LogP contribution in [0.5, 0.6) is 0 Å². The Morgan fingerprint density at radius 3 is 0.857 bits per heavy atom. The highest BCUT2D eigenvalue weighted by atomic mass is 79.9. The second-order valence-corrected chi connectivity index (χ2v) is 28.1. The molecular weight excluding hydrogens is 1360 g/mol. The Morgan fingerprint density at radius 2 is 0.462 bits per heavy atom. The Bertz CT molecular complexity index is 5390. The highest BCUT2D eigenvalue weighted by Crippen LogP contribution is 2.46. The van der Waals surface area contributed by atoms with E-state index in [1.165, 1.54) is 88.1 Å². The van der Waals surface area contributed by atoms with E-state index in [9.17, 15) is 0 Å². The molecule has 0 aliphatic heterocycles. The van der Waals surface area contributed by atoms with E-state index in [1.54, 1.807) is 0 Å². The first-order chi connectivity index (χ1) is 44.8. The minimum absolute atomic E-state index is 1.11. The summed E-state index contributed by atoms with van der Waals surface area (Å²) in [5.74, 6) is 0. The number of nitrogens with zero attached hydrogens (tertiary/aromatic N) is 3. The molecule has 0 aliphatic rings. The summed E-state index contributed by atoms with van der Waals surface area (Å²) >= 11 is 16.4. The number of fused-ring (bicyclic) bond motifs is 10. The maximum Gasteiger partial charge on any atom is 0.0468 e. The molecule has 0 bridgehead atoms. The second-order valence-electron chi connectivity index (χ2n) is 22.1. The Labute approximate surface area is 566 Å². The van der Waals surface area contributed by atoms with Crippen LogP contribution >= 0.6 is 81.8 Å². The Morgan fingerprint density at radius 1 is 0.187 bits per heavy atom. The van der Waals surface area contributed by atoms with Crippen molar-refractivity contribution in [2.45, 2.75) is 0 Å². The van der Waals surface area contributed by atoms with Crippen molar-refractivity contribution >= 4 is 204 Å². The molecule has 0 fully saturated rings. The SMILES string of the molecule is Brc1ccc2sc3ccc(N(c4ccccc4)c4ccc5ccccc5c4)cc3c2c1.Brc1ccc2sc3ccc(N(c4ccccc4)c4cccc(-c5ccccc5)c4)cc3c2c1.Brc1ccc2sc3ccc(N(c4ccccc4)c4ccccc4)cc3c2c1. The van der Waals surface area contributed by atoms with Crippen molar-refractivity contribution in [1.29, 1.82) is 0 Å². The fraction of sp³-hybridized carbons (Fsp3) is 0. The van der Waals surface area contributed by atoms with Crippen LogP contribution in [0.2, 0.25) is 0 Å². The molecule has 0 aliphatic carbocycles. The number of benzene rings is 14. The summed E-state index contributed by atoms with van der Waals surface area (Å²) < 4.78 is 11.2. The number of rotatable bonds is 10. The molecule has 0 N–H and O–H groups in total. The maximum atomic E-state index is 3.65. The van der Waals surface area contributed by atoms with E-state index in [2.05, 4.69) is 390 Å². The molecular formula is C82H54Br3N3S3. The van der Waals surface area contributed by atoms with E-state index >= 15 is 0 Å². The summed E-state index contributed by atoms with van der Waals surface area (Å²) in [4.78, 5) is 6.99. The van der Waals surface area contributed by atoms with E-state index < -0.39 is 0 Å². The second kappa shape index (κ2) is 26.0. The summed E-state index contributed by atoms with van der Waals surface area (Å²) in [7, 11) is 0. The predicted molar refractivity (Wildman–Crippen MR) is 408 cm³/mol. The van der Waals surface area contributed by atoms with Gasteiger partial charge in [0.15, 0.2) is 0 Å². The van der Waals surface area contributed by atoms with E-state index in [1.807, 2.05) is 34.0 Å². The van der Waals surface area contributed by atoms with Crippen LogP contribution in [0.1, 0.15) is 0 Å². The average molecular weight is 1420 g/mol. The quantitative estimate of drug-likeness (QED) is 0.135. The van der Waals surface area contributed by atoms with Gasteiger partial charge in [-0.3, -0.25) is 0 Å². The molecule has 3 nitrogen and oxygen atoms in total. The van der Waals surface area contributed by atoms with Crippen molar-refractivity contribution in [3.8, 4) is 11.1 Å². The lowest BCUT2D eigenvalue weighted by Gasteiger charge is -2.26. The van der Waals surface area contributed by atoms with Crippen LogP contribution < -0.4 is 14.7 Å². The van der Waals surface area contributed by atoms with Crippen molar-refractivity contribution in [1.82, 2.24) is 0 Å². The van der Waals surface area contributed by atoms with Gasteiger partial charge < -0.3 is 14.7 Å². The highest BCUT2D eigenvalue weighted by Gasteiger charge is 2.19. The monoisotopic (exact) mass is 1410 g/mol. The smallest absolute Gasteiger partial charge is 0.0468 e. The molecule has 0 spiro atoms. The van der Waals surface area contributed by atoms with Crippen molar-refractivity contribution in [2.75, 3.05) is 14.7 Å². The molecule has 436 valence electrons. The molecule has 3 heterocycles. The van der Waals surface area contributed by atoms with Crippen LogP contribution in [-0.2, 0) is 0 Å². The summed E-state index contributed by atoms with van der Waals surface area (Å²) in [6, 6.07) is 117.